The van der Waals surface area contributed by atoms with Crippen LogP contribution in [0.4, 0.5) is 0 Å². The SMILES string of the molecule is CCc1nn(C)cc1CNC(=O)c1ccc(C#N)cc1. The van der Waals surface area contributed by atoms with Crippen molar-refractivity contribution in [3.63, 3.8) is 0 Å². The molecule has 0 saturated carbocycles. The number of hydrogen-bond acceptors (Lipinski definition) is 3. The highest BCUT2D eigenvalue weighted by molar-refractivity contribution is 5.94. The fourth-order valence-electron chi connectivity index (χ4n) is 2.00. The van der Waals surface area contributed by atoms with Crippen molar-refractivity contribution in [2.75, 3.05) is 0 Å². The van der Waals surface area contributed by atoms with E-state index in [1.165, 1.54) is 0 Å². The molecular weight excluding hydrogens is 252 g/mol. The van der Waals surface area contributed by atoms with Crippen LogP contribution in [0, 0.1) is 11.3 Å². The molecule has 0 saturated heterocycles. The summed E-state index contributed by atoms with van der Waals surface area (Å²) in [5.74, 6) is -0.152. The van der Waals surface area contributed by atoms with Gasteiger partial charge in [0.05, 0.1) is 17.3 Å². The van der Waals surface area contributed by atoms with E-state index in [1.807, 2.05) is 26.2 Å². The summed E-state index contributed by atoms with van der Waals surface area (Å²) in [5.41, 5.74) is 3.11. The van der Waals surface area contributed by atoms with E-state index in [2.05, 4.69) is 10.4 Å². The van der Waals surface area contributed by atoms with Crippen LogP contribution >= 0.6 is 0 Å². The lowest BCUT2D eigenvalue weighted by Crippen LogP contribution is -2.23. The van der Waals surface area contributed by atoms with Gasteiger partial charge < -0.3 is 5.32 Å². The van der Waals surface area contributed by atoms with Gasteiger partial charge in [0.1, 0.15) is 0 Å². The first-order valence-electron chi connectivity index (χ1n) is 6.43. The first-order chi connectivity index (χ1) is 9.63. The van der Waals surface area contributed by atoms with Crippen LogP contribution in [-0.2, 0) is 20.0 Å². The molecule has 102 valence electrons. The van der Waals surface area contributed by atoms with Gasteiger partial charge in [-0.25, -0.2) is 0 Å². The van der Waals surface area contributed by atoms with Crippen LogP contribution in [0.5, 0.6) is 0 Å². The second-order valence-electron chi connectivity index (χ2n) is 4.50. The van der Waals surface area contributed by atoms with E-state index in [1.54, 1.807) is 28.9 Å². The molecule has 0 aliphatic rings. The molecule has 20 heavy (non-hydrogen) atoms. The minimum atomic E-state index is -0.152. The van der Waals surface area contributed by atoms with Crippen LogP contribution < -0.4 is 5.32 Å². The third kappa shape index (κ3) is 3.04. The van der Waals surface area contributed by atoms with Crippen molar-refractivity contribution < 1.29 is 4.79 Å². The summed E-state index contributed by atoms with van der Waals surface area (Å²) in [6.45, 7) is 2.49. The van der Waals surface area contributed by atoms with E-state index < -0.39 is 0 Å². The van der Waals surface area contributed by atoms with Gasteiger partial charge in [0.15, 0.2) is 0 Å². The highest BCUT2D eigenvalue weighted by Gasteiger charge is 2.09. The van der Waals surface area contributed by atoms with Gasteiger partial charge in [0.2, 0.25) is 0 Å². The van der Waals surface area contributed by atoms with E-state index in [0.717, 1.165) is 17.7 Å². The summed E-state index contributed by atoms with van der Waals surface area (Å²) in [4.78, 5) is 12.0. The van der Waals surface area contributed by atoms with Crippen LogP contribution in [-0.4, -0.2) is 15.7 Å². The summed E-state index contributed by atoms with van der Waals surface area (Å²) in [7, 11) is 1.87. The molecule has 0 fully saturated rings. The van der Waals surface area contributed by atoms with E-state index in [0.29, 0.717) is 17.7 Å². The van der Waals surface area contributed by atoms with Crippen molar-refractivity contribution in [3.05, 3.63) is 52.8 Å². The van der Waals surface area contributed by atoms with Crippen LogP contribution in [0.25, 0.3) is 0 Å². The molecule has 0 atom stereocenters. The van der Waals surface area contributed by atoms with Crippen molar-refractivity contribution in [3.8, 4) is 6.07 Å². The van der Waals surface area contributed by atoms with E-state index in [9.17, 15) is 4.79 Å². The molecule has 1 aromatic carbocycles. The lowest BCUT2D eigenvalue weighted by molar-refractivity contribution is 0.0951. The molecular formula is C15H16N4O. The van der Waals surface area contributed by atoms with Crippen LogP contribution in [0.1, 0.15) is 34.1 Å². The number of nitrogens with zero attached hydrogens (tertiary/aromatic N) is 3. The molecule has 0 radical (unpaired) electrons. The van der Waals surface area contributed by atoms with Crippen LogP contribution in [0.15, 0.2) is 30.5 Å². The summed E-state index contributed by atoms with van der Waals surface area (Å²) in [5, 5.41) is 15.9. The number of aryl methyl sites for hydroxylation is 2. The molecule has 0 aliphatic carbocycles. The number of rotatable bonds is 4. The molecule has 0 aliphatic heterocycles. The fourth-order valence-corrected chi connectivity index (χ4v) is 2.00. The predicted molar refractivity (Wildman–Crippen MR) is 74.9 cm³/mol. The zero-order valence-electron chi connectivity index (χ0n) is 11.6. The summed E-state index contributed by atoms with van der Waals surface area (Å²) < 4.78 is 1.75. The highest BCUT2D eigenvalue weighted by atomic mass is 16.1. The molecule has 1 N–H and O–H groups in total. The Bertz CT molecular complexity index is 650. The van der Waals surface area contributed by atoms with E-state index in [-0.39, 0.29) is 5.91 Å². The maximum absolute atomic E-state index is 12.0. The Labute approximate surface area is 117 Å². The zero-order chi connectivity index (χ0) is 14.5. The smallest absolute Gasteiger partial charge is 0.251 e. The molecule has 2 rings (SSSR count). The maximum Gasteiger partial charge on any atom is 0.251 e. The monoisotopic (exact) mass is 268 g/mol. The van der Waals surface area contributed by atoms with Gasteiger partial charge in [-0.3, -0.25) is 9.48 Å². The average Bonchev–Trinajstić information content (AvgIpc) is 2.85. The van der Waals surface area contributed by atoms with Gasteiger partial charge in [0, 0.05) is 30.9 Å². The predicted octanol–water partition coefficient (Wildman–Crippen LogP) is 1.78. The zero-order valence-corrected chi connectivity index (χ0v) is 11.6. The first-order valence-corrected chi connectivity index (χ1v) is 6.43. The van der Waals surface area contributed by atoms with E-state index >= 15 is 0 Å². The largest absolute Gasteiger partial charge is 0.348 e. The third-order valence-electron chi connectivity index (χ3n) is 3.04. The van der Waals surface area contributed by atoms with Crippen molar-refractivity contribution >= 4 is 5.91 Å². The van der Waals surface area contributed by atoms with Gasteiger partial charge in [-0.15, -0.1) is 0 Å². The Morgan fingerprint density at radius 2 is 2.10 bits per heavy atom. The van der Waals surface area contributed by atoms with Gasteiger partial charge in [-0.1, -0.05) is 6.92 Å². The summed E-state index contributed by atoms with van der Waals surface area (Å²) in [6, 6.07) is 8.60. The van der Waals surface area contributed by atoms with Gasteiger partial charge in [-0.2, -0.15) is 10.4 Å². The normalized spacial score (nSPS) is 10.1. The Balaban J connectivity index is 2.02. The Morgan fingerprint density at radius 3 is 2.70 bits per heavy atom. The second kappa shape index (κ2) is 6.02. The first kappa shape index (κ1) is 13.8. The number of amides is 1. The Morgan fingerprint density at radius 1 is 1.40 bits per heavy atom. The lowest BCUT2D eigenvalue weighted by atomic mass is 10.1. The molecule has 0 bridgehead atoms. The summed E-state index contributed by atoms with van der Waals surface area (Å²) in [6.07, 6.45) is 2.75. The van der Waals surface area contributed by atoms with Crippen LogP contribution in [0.2, 0.25) is 0 Å². The number of nitrogens with one attached hydrogen (secondary N) is 1. The summed E-state index contributed by atoms with van der Waals surface area (Å²) >= 11 is 0. The lowest BCUT2D eigenvalue weighted by Gasteiger charge is -2.05. The second-order valence-corrected chi connectivity index (χ2v) is 4.50. The average molecular weight is 268 g/mol. The van der Waals surface area contributed by atoms with Crippen molar-refractivity contribution in [2.24, 2.45) is 7.05 Å². The number of nitriles is 1. The minimum Gasteiger partial charge on any atom is -0.348 e. The van der Waals surface area contributed by atoms with Gasteiger partial charge in [-0.05, 0) is 30.7 Å². The fraction of sp³-hybridized carbons (Fsp3) is 0.267. The van der Waals surface area contributed by atoms with Gasteiger partial charge >= 0.3 is 0 Å². The highest BCUT2D eigenvalue weighted by Crippen LogP contribution is 2.08. The molecule has 5 heteroatoms. The molecule has 2 aromatic rings. The van der Waals surface area contributed by atoms with Crippen molar-refractivity contribution in [1.82, 2.24) is 15.1 Å². The Hall–Kier alpha value is -2.61. The van der Waals surface area contributed by atoms with Gasteiger partial charge in [0.25, 0.3) is 5.91 Å². The number of carbonyl (C=O) groups is 1. The molecule has 1 aromatic heterocycles. The quantitative estimate of drug-likeness (QED) is 0.918. The number of hydrogen-bond donors (Lipinski definition) is 1. The molecule has 0 unspecified atom stereocenters. The number of carbonyl (C=O) groups excluding carboxylic acids is 1. The van der Waals surface area contributed by atoms with Crippen molar-refractivity contribution in [1.29, 1.82) is 5.26 Å². The number of benzene rings is 1. The number of aromatic nitrogens is 2. The molecule has 5 nitrogen and oxygen atoms in total. The minimum absolute atomic E-state index is 0.152. The molecule has 1 amide bonds. The van der Waals surface area contributed by atoms with Crippen LogP contribution in [0.3, 0.4) is 0 Å². The maximum atomic E-state index is 12.0. The van der Waals surface area contributed by atoms with Crippen molar-refractivity contribution in [2.45, 2.75) is 19.9 Å². The van der Waals surface area contributed by atoms with E-state index in [4.69, 9.17) is 5.26 Å². The Kier molecular flexibility index (Phi) is 4.16. The topological polar surface area (TPSA) is 70.7 Å². The molecule has 1 heterocycles. The standard InChI is InChI=1S/C15H16N4O/c1-3-14-13(10-19(2)18-14)9-17-15(20)12-6-4-11(8-16)5-7-12/h4-7,10H,3,9H2,1-2H3,(H,17,20). The third-order valence-corrected chi connectivity index (χ3v) is 3.04. The molecule has 0 spiro atoms.